The van der Waals surface area contributed by atoms with Gasteiger partial charge in [-0.3, -0.25) is 4.79 Å². The van der Waals surface area contributed by atoms with E-state index in [1.165, 1.54) is 0 Å². The first kappa shape index (κ1) is 20.1. The highest BCUT2D eigenvalue weighted by atomic mass is 32.2. The summed E-state index contributed by atoms with van der Waals surface area (Å²) < 4.78 is 34.6. The lowest BCUT2D eigenvalue weighted by molar-refractivity contribution is -0.140. The Hall–Kier alpha value is -1.60. The van der Waals surface area contributed by atoms with Gasteiger partial charge in [0.15, 0.2) is 0 Å². The Balaban J connectivity index is 1.66. The number of rotatable bonds is 8. The number of nitrogens with zero attached hydrogens (tertiary/aromatic N) is 1. The SMILES string of the molecule is CC(C)S(=O)(=O)Oc1ccc(CN(C[C@@H]2CCCO2)C(=O)C2CCC2)cc1. The van der Waals surface area contributed by atoms with Crippen LogP contribution in [0.1, 0.15) is 51.5 Å². The molecule has 150 valence electrons. The monoisotopic (exact) mass is 395 g/mol. The van der Waals surface area contributed by atoms with Crippen molar-refractivity contribution in [2.75, 3.05) is 13.2 Å². The Kier molecular flexibility index (Phi) is 6.42. The molecule has 1 aromatic rings. The molecule has 0 unspecified atom stereocenters. The fraction of sp³-hybridized carbons (Fsp3) is 0.650. The zero-order valence-corrected chi connectivity index (χ0v) is 16.9. The lowest BCUT2D eigenvalue weighted by Crippen LogP contribution is -2.42. The molecule has 0 spiro atoms. The molecule has 0 N–H and O–H groups in total. The molecule has 1 amide bonds. The minimum atomic E-state index is -3.60. The summed E-state index contributed by atoms with van der Waals surface area (Å²) >= 11 is 0. The molecule has 27 heavy (non-hydrogen) atoms. The van der Waals surface area contributed by atoms with E-state index in [0.717, 1.165) is 44.3 Å². The van der Waals surface area contributed by atoms with E-state index in [0.29, 0.717) is 18.8 Å². The third-order valence-electron chi connectivity index (χ3n) is 5.30. The number of benzene rings is 1. The zero-order valence-electron chi connectivity index (χ0n) is 16.1. The standard InChI is InChI=1S/C20H29NO5S/c1-15(2)27(23,24)26-18-10-8-16(9-11-18)13-21(14-19-7-4-12-25-19)20(22)17-5-3-6-17/h8-11,15,17,19H,3-7,12-14H2,1-2H3/t19-/m0/s1. The molecule has 1 heterocycles. The lowest BCUT2D eigenvalue weighted by Gasteiger charge is -2.33. The number of carbonyl (C=O) groups excluding carboxylic acids is 1. The minimum Gasteiger partial charge on any atom is -0.382 e. The molecule has 0 aromatic heterocycles. The first-order chi connectivity index (χ1) is 12.8. The third-order valence-corrected chi connectivity index (χ3v) is 6.88. The van der Waals surface area contributed by atoms with Gasteiger partial charge < -0.3 is 13.8 Å². The molecular weight excluding hydrogens is 366 g/mol. The summed E-state index contributed by atoms with van der Waals surface area (Å²) in [6, 6.07) is 6.93. The van der Waals surface area contributed by atoms with Crippen molar-refractivity contribution in [3.63, 3.8) is 0 Å². The molecule has 1 aliphatic heterocycles. The van der Waals surface area contributed by atoms with Crippen molar-refractivity contribution < 1.29 is 22.1 Å². The topological polar surface area (TPSA) is 72.9 Å². The first-order valence-electron chi connectivity index (χ1n) is 9.78. The Morgan fingerprint density at radius 3 is 2.41 bits per heavy atom. The Labute approximate surface area is 162 Å². The molecule has 3 rings (SSSR count). The second-order valence-electron chi connectivity index (χ2n) is 7.75. The Bertz CT molecular complexity index is 734. The van der Waals surface area contributed by atoms with E-state index < -0.39 is 15.4 Å². The highest BCUT2D eigenvalue weighted by Gasteiger charge is 2.31. The van der Waals surface area contributed by atoms with Gasteiger partial charge >= 0.3 is 10.1 Å². The summed E-state index contributed by atoms with van der Waals surface area (Å²) in [5, 5.41) is -0.598. The summed E-state index contributed by atoms with van der Waals surface area (Å²) in [5.41, 5.74) is 0.954. The normalized spacial score (nSPS) is 20.5. The molecule has 0 bridgehead atoms. The summed E-state index contributed by atoms with van der Waals surface area (Å²) in [6.07, 6.45) is 5.23. The van der Waals surface area contributed by atoms with Gasteiger partial charge in [-0.1, -0.05) is 18.6 Å². The van der Waals surface area contributed by atoms with Gasteiger partial charge in [0.1, 0.15) is 5.75 Å². The van der Waals surface area contributed by atoms with Crippen molar-refractivity contribution >= 4 is 16.0 Å². The maximum absolute atomic E-state index is 12.8. The fourth-order valence-corrected chi connectivity index (χ4v) is 3.85. The van der Waals surface area contributed by atoms with E-state index >= 15 is 0 Å². The molecule has 2 fully saturated rings. The van der Waals surface area contributed by atoms with Gasteiger partial charge in [0.25, 0.3) is 0 Å². The van der Waals surface area contributed by atoms with Gasteiger partial charge in [-0.2, -0.15) is 8.42 Å². The van der Waals surface area contributed by atoms with Crippen molar-refractivity contribution in [2.45, 2.75) is 63.9 Å². The summed E-state index contributed by atoms with van der Waals surface area (Å²) in [7, 11) is -3.60. The van der Waals surface area contributed by atoms with Crippen LogP contribution in [0.5, 0.6) is 5.75 Å². The quantitative estimate of drug-likeness (QED) is 0.633. The highest BCUT2D eigenvalue weighted by Crippen LogP contribution is 2.29. The number of hydrogen-bond acceptors (Lipinski definition) is 5. The number of amides is 1. The smallest absolute Gasteiger partial charge is 0.311 e. The molecule has 0 radical (unpaired) electrons. The second kappa shape index (κ2) is 8.61. The summed E-state index contributed by atoms with van der Waals surface area (Å²) in [5.74, 6) is 0.646. The number of hydrogen-bond donors (Lipinski definition) is 0. The third kappa shape index (κ3) is 5.23. The van der Waals surface area contributed by atoms with Crippen molar-refractivity contribution in [3.05, 3.63) is 29.8 Å². The first-order valence-corrected chi connectivity index (χ1v) is 11.2. The number of ether oxygens (including phenoxy) is 1. The van der Waals surface area contributed by atoms with Crippen LogP contribution in [0.25, 0.3) is 0 Å². The van der Waals surface area contributed by atoms with Crippen LogP contribution in [-0.4, -0.2) is 43.7 Å². The minimum absolute atomic E-state index is 0.118. The van der Waals surface area contributed by atoms with E-state index in [-0.39, 0.29) is 17.9 Å². The van der Waals surface area contributed by atoms with E-state index in [9.17, 15) is 13.2 Å². The van der Waals surface area contributed by atoms with Crippen LogP contribution in [-0.2, 0) is 26.2 Å². The van der Waals surface area contributed by atoms with Crippen LogP contribution < -0.4 is 4.18 Å². The predicted octanol–water partition coefficient (Wildman–Crippen LogP) is 3.11. The average Bonchev–Trinajstić information content (AvgIpc) is 3.07. The lowest BCUT2D eigenvalue weighted by atomic mass is 9.84. The van der Waals surface area contributed by atoms with E-state index in [1.807, 2.05) is 17.0 Å². The van der Waals surface area contributed by atoms with E-state index in [1.54, 1.807) is 26.0 Å². The molecule has 2 aliphatic rings. The van der Waals surface area contributed by atoms with Crippen LogP contribution >= 0.6 is 0 Å². The van der Waals surface area contributed by atoms with Gasteiger partial charge in [0.2, 0.25) is 5.91 Å². The van der Waals surface area contributed by atoms with E-state index in [2.05, 4.69) is 0 Å². The van der Waals surface area contributed by atoms with Gasteiger partial charge in [-0.25, -0.2) is 0 Å². The largest absolute Gasteiger partial charge is 0.382 e. The predicted molar refractivity (Wildman–Crippen MR) is 103 cm³/mol. The second-order valence-corrected chi connectivity index (χ2v) is 9.85. The molecule has 1 saturated heterocycles. The maximum atomic E-state index is 12.8. The average molecular weight is 396 g/mol. The molecule has 6 nitrogen and oxygen atoms in total. The molecule has 1 aromatic carbocycles. The van der Waals surface area contributed by atoms with Crippen molar-refractivity contribution in [3.8, 4) is 5.75 Å². The van der Waals surface area contributed by atoms with Crippen LogP contribution in [0.2, 0.25) is 0 Å². The van der Waals surface area contributed by atoms with E-state index in [4.69, 9.17) is 8.92 Å². The van der Waals surface area contributed by atoms with Gasteiger partial charge in [-0.05, 0) is 57.2 Å². The molecule has 1 aliphatic carbocycles. The highest BCUT2D eigenvalue weighted by molar-refractivity contribution is 7.87. The fourth-order valence-electron chi connectivity index (χ4n) is 3.28. The Morgan fingerprint density at radius 2 is 1.89 bits per heavy atom. The van der Waals surface area contributed by atoms with Crippen molar-refractivity contribution in [2.24, 2.45) is 5.92 Å². The molecule has 7 heteroatoms. The number of carbonyl (C=O) groups is 1. The maximum Gasteiger partial charge on any atom is 0.311 e. The van der Waals surface area contributed by atoms with Gasteiger partial charge in [-0.15, -0.1) is 0 Å². The van der Waals surface area contributed by atoms with Gasteiger partial charge in [0, 0.05) is 25.6 Å². The van der Waals surface area contributed by atoms with Crippen molar-refractivity contribution in [1.82, 2.24) is 4.90 Å². The molecule has 1 atom stereocenters. The Morgan fingerprint density at radius 1 is 1.19 bits per heavy atom. The van der Waals surface area contributed by atoms with Crippen LogP contribution in [0, 0.1) is 5.92 Å². The van der Waals surface area contributed by atoms with Crippen LogP contribution in [0.4, 0.5) is 0 Å². The summed E-state index contributed by atoms with van der Waals surface area (Å²) in [4.78, 5) is 14.7. The zero-order chi connectivity index (χ0) is 19.4. The molecule has 1 saturated carbocycles. The van der Waals surface area contributed by atoms with Crippen LogP contribution in [0.3, 0.4) is 0 Å². The van der Waals surface area contributed by atoms with Gasteiger partial charge in [0.05, 0.1) is 11.4 Å². The van der Waals surface area contributed by atoms with Crippen LogP contribution in [0.15, 0.2) is 24.3 Å². The molecular formula is C20H29NO5S. The van der Waals surface area contributed by atoms with Crippen molar-refractivity contribution in [1.29, 1.82) is 0 Å². The summed E-state index contributed by atoms with van der Waals surface area (Å²) in [6.45, 7) is 5.06.